The van der Waals surface area contributed by atoms with E-state index in [4.69, 9.17) is 9.47 Å². The van der Waals surface area contributed by atoms with Crippen LogP contribution < -0.4 is 0 Å². The molecule has 0 radical (unpaired) electrons. The van der Waals surface area contributed by atoms with Gasteiger partial charge in [0.1, 0.15) is 17.6 Å². The van der Waals surface area contributed by atoms with Crippen molar-refractivity contribution in [2.75, 3.05) is 13.2 Å². The van der Waals surface area contributed by atoms with Gasteiger partial charge in [-0.05, 0) is 116 Å². The number of fused-ring (bicyclic) bond motifs is 7. The van der Waals surface area contributed by atoms with Gasteiger partial charge in [-0.1, -0.05) is 46.1 Å². The quantitative estimate of drug-likeness (QED) is 0.302. The third-order valence-corrected chi connectivity index (χ3v) is 13.7. The number of hydrogen-bond donors (Lipinski definition) is 1. The van der Waals surface area contributed by atoms with Crippen LogP contribution >= 0.6 is 11.3 Å². The molecule has 216 valence electrons. The molecule has 6 heteroatoms. The molecule has 10 atom stereocenters. The lowest BCUT2D eigenvalue weighted by Gasteiger charge is -2.67. The number of carboxylic acids is 1. The van der Waals surface area contributed by atoms with Gasteiger partial charge < -0.3 is 14.6 Å². The zero-order chi connectivity index (χ0) is 27.4. The molecule has 6 aliphatic rings. The SMILES string of the molecule is CC1CCCC2(C)C1CCC1(C)C3CCC4(C(=O)O)CCCC4C3CCC21.O=C(OCC1CO1)c1cccs1. The van der Waals surface area contributed by atoms with E-state index in [0.29, 0.717) is 34.1 Å². The van der Waals surface area contributed by atoms with Crippen molar-refractivity contribution in [2.24, 2.45) is 51.8 Å². The maximum Gasteiger partial charge on any atom is 0.348 e. The normalized spacial score (nSPS) is 45.9. The maximum absolute atomic E-state index is 12.3. The topological polar surface area (TPSA) is 76.1 Å². The largest absolute Gasteiger partial charge is 0.481 e. The summed E-state index contributed by atoms with van der Waals surface area (Å²) in [7, 11) is 0. The maximum atomic E-state index is 12.3. The molecule has 1 saturated heterocycles. The van der Waals surface area contributed by atoms with Gasteiger partial charge in [-0.15, -0.1) is 11.3 Å². The van der Waals surface area contributed by atoms with Crippen molar-refractivity contribution in [1.82, 2.24) is 0 Å². The van der Waals surface area contributed by atoms with E-state index in [1.807, 2.05) is 11.4 Å². The van der Waals surface area contributed by atoms with Crippen molar-refractivity contribution >= 4 is 23.3 Å². The summed E-state index contributed by atoms with van der Waals surface area (Å²) < 4.78 is 9.86. The number of epoxide rings is 1. The van der Waals surface area contributed by atoms with Crippen molar-refractivity contribution in [3.63, 3.8) is 0 Å². The number of carbonyl (C=O) groups is 2. The van der Waals surface area contributed by atoms with Crippen LogP contribution in [0.25, 0.3) is 0 Å². The zero-order valence-electron chi connectivity index (χ0n) is 24.2. The highest BCUT2D eigenvalue weighted by molar-refractivity contribution is 7.11. The molecule has 2 heterocycles. The molecule has 0 spiro atoms. The summed E-state index contributed by atoms with van der Waals surface area (Å²) in [6, 6.07) is 3.58. The van der Waals surface area contributed by atoms with E-state index in [0.717, 1.165) is 49.5 Å². The second-order valence-corrected chi connectivity index (χ2v) is 15.4. The van der Waals surface area contributed by atoms with Gasteiger partial charge in [0, 0.05) is 0 Å². The van der Waals surface area contributed by atoms with Crippen LogP contribution in [0.2, 0.25) is 0 Å². The summed E-state index contributed by atoms with van der Waals surface area (Å²) in [5.41, 5.74) is 0.663. The summed E-state index contributed by atoms with van der Waals surface area (Å²) in [4.78, 5) is 24.1. The van der Waals surface area contributed by atoms with Crippen molar-refractivity contribution in [2.45, 2.75) is 104 Å². The van der Waals surface area contributed by atoms with Gasteiger partial charge in [0.05, 0.1) is 12.0 Å². The fourth-order valence-corrected chi connectivity index (χ4v) is 11.7. The number of esters is 1. The lowest BCUT2D eigenvalue weighted by Crippen LogP contribution is -2.60. The van der Waals surface area contributed by atoms with Gasteiger partial charge >= 0.3 is 11.9 Å². The molecule has 1 aromatic rings. The fourth-order valence-electron chi connectivity index (χ4n) is 11.1. The summed E-state index contributed by atoms with van der Waals surface area (Å²) in [6.45, 7) is 8.94. The van der Waals surface area contributed by atoms with E-state index in [-0.39, 0.29) is 17.5 Å². The van der Waals surface area contributed by atoms with Gasteiger partial charge in [-0.2, -0.15) is 0 Å². The third kappa shape index (κ3) is 4.70. The van der Waals surface area contributed by atoms with E-state index in [2.05, 4.69) is 20.8 Å². The highest BCUT2D eigenvalue weighted by Crippen LogP contribution is 2.71. The Labute approximate surface area is 238 Å². The average Bonchev–Trinajstić information content (AvgIpc) is 3.36. The molecule has 10 unspecified atom stereocenters. The van der Waals surface area contributed by atoms with Crippen LogP contribution in [0, 0.1) is 51.8 Å². The van der Waals surface area contributed by atoms with Crippen molar-refractivity contribution in [3.8, 4) is 0 Å². The number of thiophene rings is 1. The predicted octanol–water partition coefficient (Wildman–Crippen LogP) is 7.84. The number of rotatable bonds is 4. The number of hydrogen-bond acceptors (Lipinski definition) is 5. The minimum Gasteiger partial charge on any atom is -0.481 e. The summed E-state index contributed by atoms with van der Waals surface area (Å²) >= 11 is 1.39. The Kier molecular flexibility index (Phi) is 7.44. The average molecular weight is 557 g/mol. The molecule has 0 bridgehead atoms. The van der Waals surface area contributed by atoms with Crippen molar-refractivity contribution < 1.29 is 24.2 Å². The fraction of sp³-hybridized carbons (Fsp3) is 0.818. The first-order chi connectivity index (χ1) is 18.7. The molecule has 0 aromatic carbocycles. The van der Waals surface area contributed by atoms with E-state index in [9.17, 15) is 14.7 Å². The van der Waals surface area contributed by atoms with Crippen LogP contribution in [-0.4, -0.2) is 36.4 Å². The predicted molar refractivity (Wildman–Crippen MR) is 153 cm³/mol. The first kappa shape index (κ1) is 27.8. The molecule has 39 heavy (non-hydrogen) atoms. The van der Waals surface area contributed by atoms with Crippen LogP contribution in [0.4, 0.5) is 0 Å². The van der Waals surface area contributed by atoms with Crippen LogP contribution in [0.15, 0.2) is 17.5 Å². The molecule has 1 N–H and O–H groups in total. The highest BCUT2D eigenvalue weighted by Gasteiger charge is 2.65. The van der Waals surface area contributed by atoms with E-state index >= 15 is 0 Å². The highest BCUT2D eigenvalue weighted by atomic mass is 32.1. The molecule has 1 aliphatic heterocycles. The molecule has 1 aromatic heterocycles. The summed E-state index contributed by atoms with van der Waals surface area (Å²) in [5.74, 6) is 3.98. The van der Waals surface area contributed by atoms with Gasteiger partial charge in [-0.25, -0.2) is 4.79 Å². The first-order valence-corrected chi connectivity index (χ1v) is 16.6. The minimum absolute atomic E-state index is 0.147. The van der Waals surface area contributed by atoms with E-state index < -0.39 is 5.97 Å². The van der Waals surface area contributed by atoms with Gasteiger partial charge in [0.2, 0.25) is 0 Å². The molecule has 0 amide bonds. The van der Waals surface area contributed by atoms with Crippen molar-refractivity contribution in [1.29, 1.82) is 0 Å². The summed E-state index contributed by atoms with van der Waals surface area (Å²) in [6.07, 6.45) is 15.5. The van der Waals surface area contributed by atoms with E-state index in [1.165, 1.54) is 69.1 Å². The standard InChI is InChI=1S/C25H40O2.C8H8O3S/c1-16-6-4-12-23(2)18(16)10-14-24(3)19-11-15-25(22(26)27)13-5-7-20(25)17(19)8-9-21(23)24;9-8(7-2-1-3-12-7)11-5-6-4-10-6/h16-21H,4-15H2,1-3H3,(H,26,27);1-3,6H,4-5H2. The second-order valence-electron chi connectivity index (χ2n) is 14.5. The Bertz CT molecular complexity index is 1050. The Morgan fingerprint density at radius 3 is 2.44 bits per heavy atom. The lowest BCUT2D eigenvalue weighted by molar-refractivity contribution is -0.190. The number of carbonyl (C=O) groups excluding carboxylic acids is 1. The van der Waals surface area contributed by atoms with Crippen LogP contribution in [0.1, 0.15) is 107 Å². The first-order valence-electron chi connectivity index (χ1n) is 15.7. The molecular formula is C33H48O5S. The number of aliphatic carboxylic acids is 1. The molecule has 5 aliphatic carbocycles. The zero-order valence-corrected chi connectivity index (χ0v) is 25.0. The van der Waals surface area contributed by atoms with Crippen LogP contribution in [-0.2, 0) is 14.3 Å². The Balaban J connectivity index is 0.000000193. The Morgan fingerprint density at radius 1 is 0.974 bits per heavy atom. The number of ether oxygens (including phenoxy) is 2. The summed E-state index contributed by atoms with van der Waals surface area (Å²) in [5, 5.41) is 12.0. The molecule has 5 nitrogen and oxygen atoms in total. The van der Waals surface area contributed by atoms with Gasteiger partial charge in [0.25, 0.3) is 0 Å². The molecular weight excluding hydrogens is 508 g/mol. The molecule has 7 rings (SSSR count). The van der Waals surface area contributed by atoms with Crippen LogP contribution in [0.3, 0.4) is 0 Å². The third-order valence-electron chi connectivity index (χ3n) is 12.9. The van der Waals surface area contributed by atoms with Gasteiger partial charge in [0.15, 0.2) is 0 Å². The minimum atomic E-state index is -0.465. The molecule has 5 saturated carbocycles. The lowest BCUT2D eigenvalue weighted by atomic mass is 9.38. The van der Waals surface area contributed by atoms with Crippen LogP contribution in [0.5, 0.6) is 0 Å². The van der Waals surface area contributed by atoms with Crippen molar-refractivity contribution in [3.05, 3.63) is 22.4 Å². The second kappa shape index (κ2) is 10.5. The van der Waals surface area contributed by atoms with Gasteiger partial charge in [-0.3, -0.25) is 4.79 Å². The smallest absolute Gasteiger partial charge is 0.348 e. The van der Waals surface area contributed by atoms with E-state index in [1.54, 1.807) is 6.07 Å². The Hall–Kier alpha value is -1.40. The Morgan fingerprint density at radius 2 is 1.72 bits per heavy atom. The monoisotopic (exact) mass is 556 g/mol. The number of carboxylic acid groups (broad SMARTS) is 1. The molecule has 6 fully saturated rings.